The molecule has 0 saturated carbocycles. The van der Waals surface area contributed by atoms with Crippen LogP contribution in [0.1, 0.15) is 27.7 Å². The summed E-state index contributed by atoms with van der Waals surface area (Å²) in [5.74, 6) is 0. The number of benzene rings is 1. The highest BCUT2D eigenvalue weighted by molar-refractivity contribution is 6.77. The molecule has 0 aliphatic rings. The minimum Gasteiger partial charge on any atom is -0.256 e. The highest BCUT2D eigenvalue weighted by Gasteiger charge is 2.24. The van der Waals surface area contributed by atoms with Gasteiger partial charge in [0.25, 0.3) is 0 Å². The lowest BCUT2D eigenvalue weighted by Crippen LogP contribution is -2.36. The molecular formula is C15H20NSi. The van der Waals surface area contributed by atoms with Crippen LogP contribution in [0.4, 0.5) is 0 Å². The van der Waals surface area contributed by atoms with Crippen molar-refractivity contribution in [2.45, 2.75) is 38.8 Å². The first-order chi connectivity index (χ1) is 8.11. The summed E-state index contributed by atoms with van der Waals surface area (Å²) < 4.78 is 0. The first kappa shape index (κ1) is 12.3. The molecule has 89 valence electrons. The second kappa shape index (κ2) is 5.01. The Bertz CT molecular complexity index is 492. The molecule has 0 atom stereocenters. The molecule has 2 rings (SSSR count). The third-order valence-electron chi connectivity index (χ3n) is 3.19. The Labute approximate surface area is 106 Å². The summed E-state index contributed by atoms with van der Waals surface area (Å²) in [5.41, 5.74) is 2.70. The van der Waals surface area contributed by atoms with Crippen molar-refractivity contribution in [1.82, 2.24) is 4.98 Å². The van der Waals surface area contributed by atoms with Crippen LogP contribution in [0.2, 0.25) is 11.1 Å². The monoisotopic (exact) mass is 242 g/mol. The minimum atomic E-state index is -0.544. The molecule has 17 heavy (non-hydrogen) atoms. The van der Waals surface area contributed by atoms with Crippen LogP contribution in [0.3, 0.4) is 0 Å². The van der Waals surface area contributed by atoms with Crippen molar-refractivity contribution in [3.05, 3.63) is 36.5 Å². The third-order valence-corrected chi connectivity index (χ3v) is 6.70. The van der Waals surface area contributed by atoms with E-state index in [9.17, 15) is 0 Å². The molecule has 0 amide bonds. The summed E-state index contributed by atoms with van der Waals surface area (Å²) in [5, 5.41) is 2.77. The minimum absolute atomic E-state index is 0.544. The van der Waals surface area contributed by atoms with Gasteiger partial charge in [-0.3, -0.25) is 4.98 Å². The van der Waals surface area contributed by atoms with Crippen molar-refractivity contribution in [1.29, 1.82) is 0 Å². The van der Waals surface area contributed by atoms with Crippen molar-refractivity contribution in [3.63, 3.8) is 0 Å². The fourth-order valence-corrected chi connectivity index (χ4v) is 5.97. The smallest absolute Gasteiger partial charge is 0.0939 e. The Morgan fingerprint density at radius 2 is 1.59 bits per heavy atom. The Hall–Kier alpha value is -1.15. The van der Waals surface area contributed by atoms with Gasteiger partial charge in [-0.15, -0.1) is 0 Å². The molecule has 0 bridgehead atoms. The van der Waals surface area contributed by atoms with Gasteiger partial charge in [-0.1, -0.05) is 52.0 Å². The summed E-state index contributed by atoms with van der Waals surface area (Å²) in [6.45, 7) is 9.37. The molecule has 1 nitrogen and oxygen atoms in total. The van der Waals surface area contributed by atoms with Gasteiger partial charge < -0.3 is 0 Å². The van der Waals surface area contributed by atoms with Gasteiger partial charge >= 0.3 is 0 Å². The maximum Gasteiger partial charge on any atom is 0.0939 e. The maximum atomic E-state index is 4.59. The van der Waals surface area contributed by atoms with E-state index in [-0.39, 0.29) is 0 Å². The van der Waals surface area contributed by atoms with Gasteiger partial charge in [0.05, 0.1) is 14.3 Å². The molecule has 1 aromatic carbocycles. The van der Waals surface area contributed by atoms with Crippen LogP contribution in [0.5, 0.6) is 0 Å². The van der Waals surface area contributed by atoms with E-state index in [1.807, 2.05) is 12.3 Å². The fourth-order valence-electron chi connectivity index (χ4n) is 2.63. The van der Waals surface area contributed by atoms with E-state index in [0.717, 1.165) is 11.1 Å². The van der Waals surface area contributed by atoms with E-state index in [4.69, 9.17) is 0 Å². The zero-order chi connectivity index (χ0) is 12.4. The quantitative estimate of drug-likeness (QED) is 0.747. The zero-order valence-electron chi connectivity index (χ0n) is 11.1. The predicted molar refractivity (Wildman–Crippen MR) is 77.3 cm³/mol. The average Bonchev–Trinajstić information content (AvgIpc) is 2.28. The predicted octanol–water partition coefficient (Wildman–Crippen LogP) is 3.76. The molecule has 0 saturated heterocycles. The Kier molecular flexibility index (Phi) is 3.62. The average molecular weight is 242 g/mol. The number of pyridine rings is 1. The lowest BCUT2D eigenvalue weighted by atomic mass is 10.2. The number of aromatic nitrogens is 1. The first-order valence-corrected chi connectivity index (χ1v) is 7.97. The first-order valence-electron chi connectivity index (χ1n) is 6.32. The van der Waals surface area contributed by atoms with Crippen molar-refractivity contribution in [2.75, 3.05) is 0 Å². The van der Waals surface area contributed by atoms with Gasteiger partial charge in [0, 0.05) is 11.6 Å². The van der Waals surface area contributed by atoms with Gasteiger partial charge in [-0.2, -0.15) is 0 Å². The molecular weight excluding hydrogens is 222 g/mol. The van der Waals surface area contributed by atoms with Gasteiger partial charge in [0.2, 0.25) is 0 Å². The van der Waals surface area contributed by atoms with Crippen LogP contribution >= 0.6 is 0 Å². The zero-order valence-corrected chi connectivity index (χ0v) is 12.1. The normalized spacial score (nSPS) is 11.9. The largest absolute Gasteiger partial charge is 0.256 e. The summed E-state index contributed by atoms with van der Waals surface area (Å²) >= 11 is 0. The lowest BCUT2D eigenvalue weighted by Gasteiger charge is -2.24. The molecule has 1 heterocycles. The number of para-hydroxylation sites is 1. The number of hydrogen-bond acceptors (Lipinski definition) is 1. The van der Waals surface area contributed by atoms with Gasteiger partial charge in [0.1, 0.15) is 0 Å². The van der Waals surface area contributed by atoms with Crippen LogP contribution in [-0.4, -0.2) is 13.8 Å². The summed E-state index contributed by atoms with van der Waals surface area (Å²) in [4.78, 5) is 4.59. The number of hydrogen-bond donors (Lipinski definition) is 0. The highest BCUT2D eigenvalue weighted by atomic mass is 28.3. The topological polar surface area (TPSA) is 12.9 Å². The summed E-state index contributed by atoms with van der Waals surface area (Å²) in [7, 11) is -0.544. The van der Waals surface area contributed by atoms with E-state index in [2.05, 4.69) is 56.9 Å². The Morgan fingerprint density at radius 3 is 2.24 bits per heavy atom. The van der Waals surface area contributed by atoms with Crippen LogP contribution in [0.15, 0.2) is 36.5 Å². The van der Waals surface area contributed by atoms with E-state index in [1.165, 1.54) is 16.1 Å². The number of rotatable bonds is 3. The molecule has 0 fully saturated rings. The maximum absolute atomic E-state index is 4.59. The van der Waals surface area contributed by atoms with Crippen molar-refractivity contribution < 1.29 is 0 Å². The second-order valence-electron chi connectivity index (χ2n) is 5.15. The SMILES string of the molecule is CC(C)[Si](c1cccc2cccnc12)C(C)C. The standard InChI is InChI=1S/C15H20NSi/c1-11(2)17(12(3)4)14-9-5-7-13-8-6-10-16-15(13)14/h5-12H,1-4H3. The Morgan fingerprint density at radius 1 is 0.941 bits per heavy atom. The van der Waals surface area contributed by atoms with Crippen molar-refractivity contribution in [2.24, 2.45) is 0 Å². The van der Waals surface area contributed by atoms with Crippen LogP contribution < -0.4 is 5.19 Å². The van der Waals surface area contributed by atoms with Crippen LogP contribution in [0.25, 0.3) is 10.9 Å². The number of fused-ring (bicyclic) bond motifs is 1. The molecule has 2 heteroatoms. The van der Waals surface area contributed by atoms with E-state index < -0.39 is 8.80 Å². The van der Waals surface area contributed by atoms with E-state index >= 15 is 0 Å². The van der Waals surface area contributed by atoms with Crippen LogP contribution in [-0.2, 0) is 0 Å². The molecule has 1 aromatic heterocycles. The van der Waals surface area contributed by atoms with E-state index in [0.29, 0.717) is 0 Å². The molecule has 0 aliphatic carbocycles. The molecule has 2 aromatic rings. The molecule has 0 N–H and O–H groups in total. The summed E-state index contributed by atoms with van der Waals surface area (Å²) in [6, 6.07) is 10.8. The summed E-state index contributed by atoms with van der Waals surface area (Å²) in [6.07, 6.45) is 1.91. The number of nitrogens with zero attached hydrogens (tertiary/aromatic N) is 1. The molecule has 0 aliphatic heterocycles. The van der Waals surface area contributed by atoms with Crippen molar-refractivity contribution >= 4 is 24.9 Å². The van der Waals surface area contributed by atoms with Crippen LogP contribution in [0, 0.1) is 0 Å². The van der Waals surface area contributed by atoms with E-state index in [1.54, 1.807) is 0 Å². The molecule has 0 spiro atoms. The fraction of sp³-hybridized carbons (Fsp3) is 0.400. The molecule has 1 radical (unpaired) electrons. The van der Waals surface area contributed by atoms with Crippen molar-refractivity contribution in [3.8, 4) is 0 Å². The lowest BCUT2D eigenvalue weighted by molar-refractivity contribution is 0.951. The third kappa shape index (κ3) is 2.42. The van der Waals surface area contributed by atoms with Gasteiger partial charge in [-0.25, -0.2) is 0 Å². The Balaban J connectivity index is 2.61. The van der Waals surface area contributed by atoms with Gasteiger partial charge in [-0.05, 0) is 22.3 Å². The highest BCUT2D eigenvalue weighted by Crippen LogP contribution is 2.22. The second-order valence-corrected chi connectivity index (χ2v) is 8.90. The van der Waals surface area contributed by atoms with Gasteiger partial charge in [0.15, 0.2) is 0 Å². The molecule has 0 unspecified atom stereocenters.